The van der Waals surface area contributed by atoms with E-state index in [9.17, 15) is 13.6 Å². The second-order valence-corrected chi connectivity index (χ2v) is 7.15. The Bertz CT molecular complexity index is 1210. The topological polar surface area (TPSA) is 67.0 Å². The van der Waals surface area contributed by atoms with Gasteiger partial charge in [0, 0.05) is 21.5 Å². The van der Waals surface area contributed by atoms with Gasteiger partial charge in [-0.05, 0) is 36.4 Å². The number of ether oxygens (including phenoxy) is 1. The Labute approximate surface area is 172 Å². The Morgan fingerprint density at radius 1 is 1.07 bits per heavy atom. The van der Waals surface area contributed by atoms with Crippen LogP contribution >= 0.6 is 15.9 Å². The van der Waals surface area contributed by atoms with Crippen molar-refractivity contribution in [2.45, 2.75) is 6.61 Å². The first kappa shape index (κ1) is 19.1. The van der Waals surface area contributed by atoms with Crippen molar-refractivity contribution < 1.29 is 18.3 Å². The second kappa shape index (κ2) is 8.00. The van der Waals surface area contributed by atoms with Gasteiger partial charge in [0.05, 0.1) is 11.1 Å². The number of nitrogens with one attached hydrogen (secondary N) is 2. The van der Waals surface area contributed by atoms with Gasteiger partial charge in [-0.25, -0.2) is 8.78 Å². The van der Waals surface area contributed by atoms with Crippen LogP contribution in [0.15, 0.2) is 65.1 Å². The molecule has 0 radical (unpaired) electrons. The van der Waals surface area contributed by atoms with E-state index in [1.807, 2.05) is 0 Å². The summed E-state index contributed by atoms with van der Waals surface area (Å²) < 4.78 is 34.0. The molecule has 0 bridgehead atoms. The van der Waals surface area contributed by atoms with Crippen LogP contribution in [0.4, 0.5) is 14.6 Å². The molecule has 29 heavy (non-hydrogen) atoms. The number of H-pyrrole nitrogens is 1. The number of anilines is 1. The van der Waals surface area contributed by atoms with Crippen LogP contribution in [0.5, 0.6) is 5.75 Å². The molecule has 2 N–H and O–H groups in total. The van der Waals surface area contributed by atoms with Gasteiger partial charge < -0.3 is 10.1 Å². The predicted molar refractivity (Wildman–Crippen MR) is 109 cm³/mol. The third kappa shape index (κ3) is 4.12. The molecule has 4 aromatic rings. The number of rotatable bonds is 5. The first-order chi connectivity index (χ1) is 14.0. The van der Waals surface area contributed by atoms with Crippen molar-refractivity contribution in [2.75, 3.05) is 5.32 Å². The van der Waals surface area contributed by atoms with E-state index in [4.69, 9.17) is 4.74 Å². The minimum Gasteiger partial charge on any atom is -0.489 e. The quantitative estimate of drug-likeness (QED) is 0.419. The number of carbonyl (C=O) groups is 1. The maximum Gasteiger partial charge on any atom is 0.259 e. The Balaban J connectivity index is 1.50. The average Bonchev–Trinajstić information content (AvgIpc) is 3.09. The maximum atomic E-state index is 13.9. The minimum absolute atomic E-state index is 0.0651. The van der Waals surface area contributed by atoms with Crippen LogP contribution in [-0.2, 0) is 6.61 Å². The highest BCUT2D eigenvalue weighted by atomic mass is 79.9. The van der Waals surface area contributed by atoms with Crippen molar-refractivity contribution in [1.29, 1.82) is 0 Å². The monoisotopic (exact) mass is 457 g/mol. The summed E-state index contributed by atoms with van der Waals surface area (Å²) >= 11 is 3.21. The summed E-state index contributed by atoms with van der Waals surface area (Å²) in [5.41, 5.74) is 0.971. The average molecular weight is 458 g/mol. The summed E-state index contributed by atoms with van der Waals surface area (Å²) in [6.45, 7) is 0.0651. The van der Waals surface area contributed by atoms with Crippen molar-refractivity contribution in [3.63, 3.8) is 0 Å². The number of amides is 1. The summed E-state index contributed by atoms with van der Waals surface area (Å²) in [4.78, 5) is 12.3. The fraction of sp³-hybridized carbons (Fsp3) is 0.0476. The lowest BCUT2D eigenvalue weighted by molar-refractivity contribution is 0.102. The number of carbonyl (C=O) groups excluding carboxylic acids is 1. The van der Waals surface area contributed by atoms with E-state index in [1.165, 1.54) is 24.3 Å². The van der Waals surface area contributed by atoms with Crippen molar-refractivity contribution in [1.82, 2.24) is 10.2 Å². The van der Waals surface area contributed by atoms with E-state index < -0.39 is 11.7 Å². The highest BCUT2D eigenvalue weighted by Crippen LogP contribution is 2.26. The van der Waals surface area contributed by atoms with Gasteiger partial charge >= 0.3 is 0 Å². The zero-order valence-electron chi connectivity index (χ0n) is 14.9. The largest absolute Gasteiger partial charge is 0.489 e. The van der Waals surface area contributed by atoms with Crippen molar-refractivity contribution >= 4 is 38.6 Å². The first-order valence-corrected chi connectivity index (χ1v) is 9.41. The van der Waals surface area contributed by atoms with E-state index in [0.717, 1.165) is 0 Å². The maximum absolute atomic E-state index is 13.9. The van der Waals surface area contributed by atoms with E-state index in [2.05, 4.69) is 31.4 Å². The molecular weight excluding hydrogens is 444 g/mol. The molecule has 3 aromatic carbocycles. The number of hydrogen-bond donors (Lipinski definition) is 2. The van der Waals surface area contributed by atoms with Crippen LogP contribution < -0.4 is 10.1 Å². The van der Waals surface area contributed by atoms with E-state index in [0.29, 0.717) is 26.7 Å². The number of fused-ring (bicyclic) bond motifs is 1. The Morgan fingerprint density at radius 3 is 2.69 bits per heavy atom. The van der Waals surface area contributed by atoms with Crippen LogP contribution in [0.25, 0.3) is 10.9 Å². The normalized spacial score (nSPS) is 10.9. The molecule has 4 rings (SSSR count). The number of benzene rings is 3. The van der Waals surface area contributed by atoms with E-state index in [-0.39, 0.29) is 23.8 Å². The Hall–Kier alpha value is -3.26. The summed E-state index contributed by atoms with van der Waals surface area (Å²) in [5, 5.41) is 10.1. The van der Waals surface area contributed by atoms with Gasteiger partial charge in [-0.15, -0.1) is 0 Å². The molecular formula is C21H14BrF2N3O2. The minimum atomic E-state index is -0.610. The van der Waals surface area contributed by atoms with Crippen molar-refractivity contribution in [3.8, 4) is 5.75 Å². The standard InChI is InChI=1S/C21H14BrF2N3O2/c22-13-6-5-12(18(24)9-13)11-29-14-7-8-16-19(10-14)26-27-20(16)25-21(28)15-3-1-2-4-17(15)23/h1-10H,11H2,(H2,25,26,27,28). The number of halogens is 3. The molecule has 8 heteroatoms. The van der Waals surface area contributed by atoms with Crippen LogP contribution in [-0.4, -0.2) is 16.1 Å². The first-order valence-electron chi connectivity index (χ1n) is 8.62. The molecule has 0 aliphatic carbocycles. The van der Waals surface area contributed by atoms with Crippen LogP contribution in [0.3, 0.4) is 0 Å². The van der Waals surface area contributed by atoms with Gasteiger partial charge in [-0.2, -0.15) is 5.10 Å². The molecule has 0 saturated carbocycles. The van der Waals surface area contributed by atoms with Crippen LogP contribution in [0.1, 0.15) is 15.9 Å². The molecule has 0 atom stereocenters. The number of aromatic nitrogens is 2. The van der Waals surface area contributed by atoms with E-state index in [1.54, 1.807) is 36.4 Å². The Kier molecular flexibility index (Phi) is 5.26. The van der Waals surface area contributed by atoms with Gasteiger partial charge in [-0.1, -0.05) is 34.1 Å². The van der Waals surface area contributed by atoms with Gasteiger partial charge in [0.25, 0.3) is 5.91 Å². The fourth-order valence-electron chi connectivity index (χ4n) is 2.80. The second-order valence-electron chi connectivity index (χ2n) is 6.24. The van der Waals surface area contributed by atoms with Gasteiger partial charge in [0.15, 0.2) is 5.82 Å². The van der Waals surface area contributed by atoms with Crippen LogP contribution in [0.2, 0.25) is 0 Å². The molecule has 0 unspecified atom stereocenters. The molecule has 0 spiro atoms. The SMILES string of the molecule is O=C(Nc1n[nH]c2cc(OCc3ccc(Br)cc3F)ccc12)c1ccccc1F. The summed E-state index contributed by atoms with van der Waals surface area (Å²) in [6, 6.07) is 15.6. The van der Waals surface area contributed by atoms with E-state index >= 15 is 0 Å². The lowest BCUT2D eigenvalue weighted by atomic mass is 10.2. The number of aromatic amines is 1. The molecule has 146 valence electrons. The fourth-order valence-corrected chi connectivity index (χ4v) is 3.14. The summed E-state index contributed by atoms with van der Waals surface area (Å²) in [6.07, 6.45) is 0. The van der Waals surface area contributed by atoms with Crippen molar-refractivity contribution in [3.05, 3.63) is 87.9 Å². The zero-order chi connectivity index (χ0) is 20.4. The molecule has 0 fully saturated rings. The number of nitrogens with zero attached hydrogens (tertiary/aromatic N) is 1. The summed E-state index contributed by atoms with van der Waals surface area (Å²) in [7, 11) is 0. The summed E-state index contributed by atoms with van der Waals surface area (Å²) in [5.74, 6) is -0.780. The lowest BCUT2D eigenvalue weighted by Crippen LogP contribution is -2.14. The molecule has 5 nitrogen and oxygen atoms in total. The lowest BCUT2D eigenvalue weighted by Gasteiger charge is -2.08. The molecule has 0 aliphatic heterocycles. The highest BCUT2D eigenvalue weighted by Gasteiger charge is 2.15. The number of hydrogen-bond acceptors (Lipinski definition) is 3. The van der Waals surface area contributed by atoms with Gasteiger partial charge in [-0.3, -0.25) is 9.89 Å². The van der Waals surface area contributed by atoms with Crippen molar-refractivity contribution in [2.24, 2.45) is 0 Å². The third-order valence-electron chi connectivity index (χ3n) is 4.29. The molecule has 1 amide bonds. The van der Waals surface area contributed by atoms with Crippen LogP contribution in [0, 0.1) is 11.6 Å². The zero-order valence-corrected chi connectivity index (χ0v) is 16.5. The molecule has 1 aromatic heterocycles. The Morgan fingerprint density at radius 2 is 1.90 bits per heavy atom. The molecule has 0 saturated heterocycles. The highest BCUT2D eigenvalue weighted by molar-refractivity contribution is 9.10. The smallest absolute Gasteiger partial charge is 0.259 e. The molecule has 0 aliphatic rings. The molecule has 1 heterocycles. The third-order valence-corrected chi connectivity index (χ3v) is 4.79. The van der Waals surface area contributed by atoms with Gasteiger partial charge in [0.1, 0.15) is 24.0 Å². The van der Waals surface area contributed by atoms with Gasteiger partial charge in [0.2, 0.25) is 0 Å². The predicted octanol–water partition coefficient (Wildman–Crippen LogP) is 5.43.